The summed E-state index contributed by atoms with van der Waals surface area (Å²) in [7, 11) is 0. The molecule has 0 fully saturated rings. The molecule has 0 saturated carbocycles. The zero-order valence-corrected chi connectivity index (χ0v) is 8.58. The summed E-state index contributed by atoms with van der Waals surface area (Å²) < 4.78 is 1.10. The van der Waals surface area contributed by atoms with Crippen LogP contribution in [0, 0.1) is 0 Å². The van der Waals surface area contributed by atoms with Crippen molar-refractivity contribution in [2.24, 2.45) is 0 Å². The standard InChI is InChI=1S/C8H9BrOS/c1-6(4-10)2-8-3-7(9)5-11-8/h2-3,5,10H,4H2,1H3/b6-2+. The van der Waals surface area contributed by atoms with Crippen LogP contribution in [0.1, 0.15) is 11.8 Å². The molecule has 0 aliphatic carbocycles. The van der Waals surface area contributed by atoms with Crippen molar-refractivity contribution in [3.05, 3.63) is 26.4 Å². The highest BCUT2D eigenvalue weighted by molar-refractivity contribution is 9.10. The van der Waals surface area contributed by atoms with Gasteiger partial charge in [0, 0.05) is 14.7 Å². The van der Waals surface area contributed by atoms with E-state index in [1.807, 2.05) is 24.4 Å². The molecule has 0 aromatic carbocycles. The fourth-order valence-electron chi connectivity index (χ4n) is 0.692. The van der Waals surface area contributed by atoms with Crippen molar-refractivity contribution in [2.45, 2.75) is 6.92 Å². The topological polar surface area (TPSA) is 20.2 Å². The van der Waals surface area contributed by atoms with Crippen molar-refractivity contribution in [3.63, 3.8) is 0 Å². The molecule has 0 radical (unpaired) electrons. The average molecular weight is 233 g/mol. The molecule has 0 saturated heterocycles. The minimum Gasteiger partial charge on any atom is -0.392 e. The lowest BCUT2D eigenvalue weighted by Crippen LogP contribution is -1.81. The molecule has 1 rings (SSSR count). The summed E-state index contributed by atoms with van der Waals surface area (Å²) in [5.74, 6) is 0. The summed E-state index contributed by atoms with van der Waals surface area (Å²) in [4.78, 5) is 1.17. The van der Waals surface area contributed by atoms with Crippen LogP contribution in [-0.2, 0) is 0 Å². The third kappa shape index (κ3) is 2.77. The minimum absolute atomic E-state index is 0.134. The van der Waals surface area contributed by atoms with Gasteiger partial charge in [-0.1, -0.05) is 0 Å². The third-order valence-corrected chi connectivity index (χ3v) is 2.87. The zero-order chi connectivity index (χ0) is 8.27. The quantitative estimate of drug-likeness (QED) is 0.832. The highest BCUT2D eigenvalue weighted by atomic mass is 79.9. The summed E-state index contributed by atoms with van der Waals surface area (Å²) in [6.07, 6.45) is 1.98. The lowest BCUT2D eigenvalue weighted by Gasteiger charge is -1.90. The molecule has 1 N–H and O–H groups in total. The van der Waals surface area contributed by atoms with E-state index in [0.29, 0.717) is 0 Å². The Kier molecular flexibility index (Phi) is 3.30. The Morgan fingerprint density at radius 3 is 3.00 bits per heavy atom. The van der Waals surface area contributed by atoms with Gasteiger partial charge in [0.15, 0.2) is 0 Å². The lowest BCUT2D eigenvalue weighted by molar-refractivity contribution is 0.332. The first-order chi connectivity index (χ1) is 5.22. The predicted octanol–water partition coefficient (Wildman–Crippen LogP) is 2.91. The Morgan fingerprint density at radius 1 is 1.82 bits per heavy atom. The Hall–Kier alpha value is -0.120. The van der Waals surface area contributed by atoms with Gasteiger partial charge in [-0.3, -0.25) is 0 Å². The third-order valence-electron chi connectivity index (χ3n) is 1.23. The van der Waals surface area contributed by atoms with Crippen molar-refractivity contribution in [1.29, 1.82) is 0 Å². The van der Waals surface area contributed by atoms with Crippen LogP contribution in [0.5, 0.6) is 0 Å². The van der Waals surface area contributed by atoms with Crippen molar-refractivity contribution in [1.82, 2.24) is 0 Å². The van der Waals surface area contributed by atoms with Gasteiger partial charge in [0.25, 0.3) is 0 Å². The van der Waals surface area contributed by atoms with Crippen LogP contribution in [0.15, 0.2) is 21.5 Å². The Labute approximate surface area is 78.5 Å². The zero-order valence-electron chi connectivity index (χ0n) is 6.17. The van der Waals surface area contributed by atoms with E-state index in [9.17, 15) is 0 Å². The largest absolute Gasteiger partial charge is 0.392 e. The van der Waals surface area contributed by atoms with Crippen molar-refractivity contribution >= 4 is 33.3 Å². The van der Waals surface area contributed by atoms with Crippen LogP contribution in [0.4, 0.5) is 0 Å². The first kappa shape index (κ1) is 8.97. The van der Waals surface area contributed by atoms with Gasteiger partial charge in [0.1, 0.15) is 0 Å². The van der Waals surface area contributed by atoms with Gasteiger partial charge in [0.2, 0.25) is 0 Å². The van der Waals surface area contributed by atoms with E-state index in [0.717, 1.165) is 10.0 Å². The van der Waals surface area contributed by atoms with Crippen LogP contribution in [0.25, 0.3) is 6.08 Å². The molecular weight excluding hydrogens is 224 g/mol. The molecule has 1 nitrogen and oxygen atoms in total. The average Bonchev–Trinajstić information content (AvgIpc) is 2.35. The number of hydrogen-bond donors (Lipinski definition) is 1. The van der Waals surface area contributed by atoms with Gasteiger partial charge in [-0.05, 0) is 40.6 Å². The van der Waals surface area contributed by atoms with E-state index >= 15 is 0 Å². The molecule has 11 heavy (non-hydrogen) atoms. The van der Waals surface area contributed by atoms with Crippen LogP contribution in [0.3, 0.4) is 0 Å². The second-order valence-corrected chi connectivity index (χ2v) is 4.17. The van der Waals surface area contributed by atoms with E-state index in [1.165, 1.54) is 4.88 Å². The minimum atomic E-state index is 0.134. The fourth-order valence-corrected chi connectivity index (χ4v) is 2.15. The molecular formula is C8H9BrOS. The molecule has 0 aliphatic heterocycles. The number of aliphatic hydroxyl groups excluding tert-OH is 1. The molecule has 60 valence electrons. The maximum Gasteiger partial charge on any atom is 0.0642 e. The Bertz CT molecular complexity index is 265. The summed E-state index contributed by atoms with van der Waals surface area (Å²) >= 11 is 5.02. The molecule has 3 heteroatoms. The van der Waals surface area contributed by atoms with Gasteiger partial charge < -0.3 is 5.11 Å². The van der Waals surface area contributed by atoms with Gasteiger partial charge >= 0.3 is 0 Å². The van der Waals surface area contributed by atoms with Crippen LogP contribution >= 0.6 is 27.3 Å². The summed E-state index contributed by atoms with van der Waals surface area (Å²) in [5.41, 5.74) is 0.986. The van der Waals surface area contributed by atoms with Gasteiger partial charge in [-0.2, -0.15) is 0 Å². The van der Waals surface area contributed by atoms with Crippen molar-refractivity contribution in [2.75, 3.05) is 6.61 Å². The molecule has 1 heterocycles. The first-order valence-corrected chi connectivity index (χ1v) is 4.91. The number of halogens is 1. The van der Waals surface area contributed by atoms with Crippen LogP contribution in [0.2, 0.25) is 0 Å². The Morgan fingerprint density at radius 2 is 2.55 bits per heavy atom. The van der Waals surface area contributed by atoms with E-state index in [4.69, 9.17) is 5.11 Å². The van der Waals surface area contributed by atoms with Crippen molar-refractivity contribution in [3.8, 4) is 0 Å². The maximum atomic E-state index is 8.73. The highest BCUT2D eigenvalue weighted by Crippen LogP contribution is 2.21. The molecule has 0 bridgehead atoms. The highest BCUT2D eigenvalue weighted by Gasteiger charge is 1.93. The summed E-state index contributed by atoms with van der Waals surface area (Å²) in [5, 5.41) is 10.8. The smallest absolute Gasteiger partial charge is 0.0642 e. The van der Waals surface area contributed by atoms with E-state index in [1.54, 1.807) is 11.3 Å². The molecule has 0 spiro atoms. The predicted molar refractivity (Wildman–Crippen MR) is 52.8 cm³/mol. The summed E-state index contributed by atoms with van der Waals surface area (Å²) in [6.45, 7) is 2.04. The van der Waals surface area contributed by atoms with E-state index in [2.05, 4.69) is 15.9 Å². The van der Waals surface area contributed by atoms with Gasteiger partial charge in [-0.15, -0.1) is 11.3 Å². The van der Waals surface area contributed by atoms with Gasteiger partial charge in [-0.25, -0.2) is 0 Å². The molecule has 0 aliphatic rings. The Balaban J connectivity index is 2.78. The van der Waals surface area contributed by atoms with Gasteiger partial charge in [0.05, 0.1) is 6.61 Å². The summed E-state index contributed by atoms with van der Waals surface area (Å²) in [6, 6.07) is 2.03. The maximum absolute atomic E-state index is 8.73. The SMILES string of the molecule is C/C(=C\c1cc(Br)cs1)CO. The van der Waals surface area contributed by atoms with Crippen molar-refractivity contribution < 1.29 is 5.11 Å². The molecule has 0 atom stereocenters. The molecule has 1 aromatic heterocycles. The molecule has 0 amide bonds. The monoisotopic (exact) mass is 232 g/mol. The molecule has 0 unspecified atom stereocenters. The van der Waals surface area contributed by atoms with Crippen LogP contribution < -0.4 is 0 Å². The first-order valence-electron chi connectivity index (χ1n) is 3.24. The van der Waals surface area contributed by atoms with E-state index < -0.39 is 0 Å². The number of aliphatic hydroxyl groups is 1. The normalized spacial score (nSPS) is 12.1. The fraction of sp³-hybridized carbons (Fsp3) is 0.250. The second-order valence-electron chi connectivity index (χ2n) is 2.32. The lowest BCUT2D eigenvalue weighted by atomic mass is 10.3. The second kappa shape index (κ2) is 4.04. The number of hydrogen-bond acceptors (Lipinski definition) is 2. The van der Waals surface area contributed by atoms with E-state index in [-0.39, 0.29) is 6.61 Å². The molecule has 1 aromatic rings. The van der Waals surface area contributed by atoms with Crippen LogP contribution in [-0.4, -0.2) is 11.7 Å². The number of thiophene rings is 1. The number of rotatable bonds is 2.